The zero-order chi connectivity index (χ0) is 18.9. The fourth-order valence-corrected chi connectivity index (χ4v) is 2.46. The number of unbranched alkanes of at least 4 members (excludes halogenated alkanes) is 1. The molecule has 0 saturated carbocycles. The fourth-order valence-electron chi connectivity index (χ4n) is 2.46. The van der Waals surface area contributed by atoms with Gasteiger partial charge in [-0.05, 0) is 29.7 Å². The molecule has 7 heteroatoms. The molecule has 2 aromatic carbocycles. The molecule has 7 nitrogen and oxygen atoms in total. The minimum atomic E-state index is -0.452. The van der Waals surface area contributed by atoms with E-state index in [-0.39, 0.29) is 11.7 Å². The molecule has 0 radical (unpaired) electrons. The molecule has 2 aromatic rings. The highest BCUT2D eigenvalue weighted by Crippen LogP contribution is 2.27. The summed E-state index contributed by atoms with van der Waals surface area (Å²) in [6, 6.07) is 13.2. The summed E-state index contributed by atoms with van der Waals surface area (Å²) in [4.78, 5) is 10.6. The molecule has 0 aliphatic rings. The van der Waals surface area contributed by atoms with Crippen molar-refractivity contribution < 1.29 is 14.4 Å². The van der Waals surface area contributed by atoms with Gasteiger partial charge in [0.15, 0.2) is 0 Å². The van der Waals surface area contributed by atoms with Gasteiger partial charge in [0.1, 0.15) is 5.75 Å². The monoisotopic (exact) mass is 357 g/mol. The first-order valence-electron chi connectivity index (χ1n) is 8.41. The molecule has 26 heavy (non-hydrogen) atoms. The highest BCUT2D eigenvalue weighted by molar-refractivity contribution is 5.71. The summed E-state index contributed by atoms with van der Waals surface area (Å²) in [5.74, 6) is 0.766. The van der Waals surface area contributed by atoms with Crippen LogP contribution >= 0.6 is 0 Å². The van der Waals surface area contributed by atoms with Gasteiger partial charge in [-0.2, -0.15) is 0 Å². The predicted molar refractivity (Wildman–Crippen MR) is 99.7 cm³/mol. The Morgan fingerprint density at radius 3 is 2.58 bits per heavy atom. The van der Waals surface area contributed by atoms with Crippen LogP contribution in [0.5, 0.6) is 5.75 Å². The van der Waals surface area contributed by atoms with Gasteiger partial charge in [0.25, 0.3) is 11.7 Å². The Bertz CT molecular complexity index is 747. The number of nitro groups is 1. The SMILES string of the molecule is CCCCOc1ccc(C(NC(=N)OC)c2cccc([N+](=O)[O-])c2)cc1. The highest BCUT2D eigenvalue weighted by atomic mass is 16.6. The summed E-state index contributed by atoms with van der Waals surface area (Å²) in [5.41, 5.74) is 1.51. The van der Waals surface area contributed by atoms with Crippen molar-refractivity contribution in [3.05, 3.63) is 69.8 Å². The smallest absolute Gasteiger partial charge is 0.282 e. The number of rotatable bonds is 8. The lowest BCUT2D eigenvalue weighted by molar-refractivity contribution is -0.384. The van der Waals surface area contributed by atoms with Crippen molar-refractivity contribution in [2.75, 3.05) is 13.7 Å². The number of benzene rings is 2. The second kappa shape index (κ2) is 9.41. The first-order valence-corrected chi connectivity index (χ1v) is 8.41. The Morgan fingerprint density at radius 1 is 1.23 bits per heavy atom. The van der Waals surface area contributed by atoms with Crippen molar-refractivity contribution in [3.63, 3.8) is 0 Å². The lowest BCUT2D eigenvalue weighted by Gasteiger charge is -2.20. The van der Waals surface area contributed by atoms with E-state index in [1.165, 1.54) is 19.2 Å². The number of non-ortho nitro benzene ring substituents is 1. The van der Waals surface area contributed by atoms with Crippen molar-refractivity contribution in [3.8, 4) is 5.75 Å². The highest BCUT2D eigenvalue weighted by Gasteiger charge is 2.18. The molecule has 0 saturated heterocycles. The van der Waals surface area contributed by atoms with Crippen LogP contribution in [0.2, 0.25) is 0 Å². The van der Waals surface area contributed by atoms with Crippen molar-refractivity contribution in [1.29, 1.82) is 5.41 Å². The number of methoxy groups -OCH3 is 1. The average Bonchev–Trinajstić information content (AvgIpc) is 2.67. The largest absolute Gasteiger partial charge is 0.494 e. The molecule has 2 N–H and O–H groups in total. The van der Waals surface area contributed by atoms with Gasteiger partial charge < -0.3 is 14.8 Å². The number of nitro benzene ring substituents is 1. The second-order valence-electron chi connectivity index (χ2n) is 5.73. The second-order valence-corrected chi connectivity index (χ2v) is 5.73. The minimum absolute atomic E-state index is 0.00207. The maximum Gasteiger partial charge on any atom is 0.282 e. The number of amidine groups is 1. The van der Waals surface area contributed by atoms with E-state index in [2.05, 4.69) is 12.2 Å². The van der Waals surface area contributed by atoms with Gasteiger partial charge in [-0.1, -0.05) is 37.6 Å². The van der Waals surface area contributed by atoms with E-state index < -0.39 is 11.0 Å². The molecule has 1 unspecified atom stereocenters. The van der Waals surface area contributed by atoms with Crippen LogP contribution in [0.1, 0.15) is 36.9 Å². The molecule has 0 amide bonds. The van der Waals surface area contributed by atoms with Crippen LogP contribution in [-0.2, 0) is 4.74 Å². The molecule has 0 heterocycles. The number of hydrogen-bond donors (Lipinski definition) is 2. The first kappa shape index (κ1) is 19.2. The maximum atomic E-state index is 11.1. The number of ether oxygens (including phenoxy) is 2. The van der Waals surface area contributed by atoms with Gasteiger partial charge in [-0.3, -0.25) is 15.5 Å². The zero-order valence-corrected chi connectivity index (χ0v) is 14.9. The Hall–Kier alpha value is -3.09. The fraction of sp³-hybridized carbons (Fsp3) is 0.316. The summed E-state index contributed by atoms with van der Waals surface area (Å²) in [6.45, 7) is 2.77. The molecule has 138 valence electrons. The summed E-state index contributed by atoms with van der Waals surface area (Å²) in [7, 11) is 1.39. The van der Waals surface area contributed by atoms with E-state index in [0.717, 1.165) is 24.2 Å². The summed E-state index contributed by atoms with van der Waals surface area (Å²) >= 11 is 0. The van der Waals surface area contributed by atoms with Gasteiger partial charge in [0, 0.05) is 12.1 Å². The number of hydrogen-bond acceptors (Lipinski definition) is 5. The molecule has 2 rings (SSSR count). The summed E-state index contributed by atoms with van der Waals surface area (Å²) < 4.78 is 10.6. The zero-order valence-electron chi connectivity index (χ0n) is 14.9. The van der Waals surface area contributed by atoms with Gasteiger partial charge >= 0.3 is 0 Å². The quantitative estimate of drug-likeness (QED) is 0.244. The lowest BCUT2D eigenvalue weighted by atomic mass is 9.98. The molecular weight excluding hydrogens is 334 g/mol. The molecule has 0 bridgehead atoms. The Balaban J connectivity index is 2.28. The van der Waals surface area contributed by atoms with Crippen LogP contribution in [0.3, 0.4) is 0 Å². The predicted octanol–water partition coefficient (Wildman–Crippen LogP) is 4.03. The Kier molecular flexibility index (Phi) is 6.96. The van der Waals surface area contributed by atoms with E-state index in [4.69, 9.17) is 14.9 Å². The molecule has 0 fully saturated rings. The van der Waals surface area contributed by atoms with Crippen LogP contribution < -0.4 is 10.1 Å². The third-order valence-corrected chi connectivity index (χ3v) is 3.87. The Morgan fingerprint density at radius 2 is 1.96 bits per heavy atom. The topological polar surface area (TPSA) is 97.5 Å². The van der Waals surface area contributed by atoms with Gasteiger partial charge in [-0.15, -0.1) is 0 Å². The van der Waals surface area contributed by atoms with Gasteiger partial charge in [-0.25, -0.2) is 0 Å². The van der Waals surface area contributed by atoms with Crippen molar-refractivity contribution in [2.45, 2.75) is 25.8 Å². The lowest BCUT2D eigenvalue weighted by Crippen LogP contribution is -2.29. The molecule has 0 spiro atoms. The van der Waals surface area contributed by atoms with Gasteiger partial charge in [0.2, 0.25) is 0 Å². The minimum Gasteiger partial charge on any atom is -0.494 e. The van der Waals surface area contributed by atoms with E-state index in [9.17, 15) is 10.1 Å². The number of nitrogens with zero attached hydrogens (tertiary/aromatic N) is 1. The normalized spacial score (nSPS) is 11.5. The standard InChI is InChI=1S/C19H23N3O4/c1-3-4-12-26-17-10-8-14(9-11-17)18(21-19(20)25-2)15-6-5-7-16(13-15)22(23)24/h5-11,13,18H,3-4,12H2,1-2H3,(H2,20,21). The summed E-state index contributed by atoms with van der Waals surface area (Å²) in [6.07, 6.45) is 2.06. The molecule has 0 aliphatic carbocycles. The molecule has 0 aromatic heterocycles. The van der Waals surface area contributed by atoms with Crippen LogP contribution in [0.25, 0.3) is 0 Å². The third kappa shape index (κ3) is 5.20. The molecular formula is C19H23N3O4. The van der Waals surface area contributed by atoms with Crippen LogP contribution in [0, 0.1) is 15.5 Å². The summed E-state index contributed by atoms with van der Waals surface area (Å²) in [5, 5.41) is 21.8. The number of nitrogens with one attached hydrogen (secondary N) is 2. The van der Waals surface area contributed by atoms with Crippen molar-refractivity contribution in [2.24, 2.45) is 0 Å². The van der Waals surface area contributed by atoms with Crippen LogP contribution in [0.15, 0.2) is 48.5 Å². The van der Waals surface area contributed by atoms with E-state index in [0.29, 0.717) is 12.2 Å². The molecule has 0 aliphatic heterocycles. The van der Waals surface area contributed by atoms with Crippen LogP contribution in [0.4, 0.5) is 5.69 Å². The van der Waals surface area contributed by atoms with E-state index >= 15 is 0 Å². The molecule has 1 atom stereocenters. The van der Waals surface area contributed by atoms with Gasteiger partial charge in [0.05, 0.1) is 24.7 Å². The van der Waals surface area contributed by atoms with E-state index in [1.54, 1.807) is 12.1 Å². The average molecular weight is 357 g/mol. The maximum absolute atomic E-state index is 11.1. The first-order chi connectivity index (χ1) is 12.5. The van der Waals surface area contributed by atoms with Crippen molar-refractivity contribution >= 4 is 11.7 Å². The van der Waals surface area contributed by atoms with E-state index in [1.807, 2.05) is 24.3 Å². The van der Waals surface area contributed by atoms with Crippen molar-refractivity contribution in [1.82, 2.24) is 5.32 Å². The Labute approximate surface area is 152 Å². The third-order valence-electron chi connectivity index (χ3n) is 3.87. The van der Waals surface area contributed by atoms with Crippen LogP contribution in [-0.4, -0.2) is 24.7 Å².